The normalized spacial score (nSPS) is 15.8. The maximum Gasteiger partial charge on any atom is 0.415 e. The average Bonchev–Trinajstić information content (AvgIpc) is 2.70. The fraction of sp³-hybridized carbons (Fsp3) is 0.350. The van der Waals surface area contributed by atoms with Crippen molar-refractivity contribution in [3.05, 3.63) is 58.6 Å². The number of nitrogens with zero attached hydrogens (tertiary/aromatic N) is 2. The van der Waals surface area contributed by atoms with Gasteiger partial charge in [0.1, 0.15) is 0 Å². The van der Waals surface area contributed by atoms with E-state index in [2.05, 4.69) is 26.2 Å². The van der Waals surface area contributed by atoms with Crippen LogP contribution in [0, 0.1) is 11.9 Å². The fourth-order valence-electron chi connectivity index (χ4n) is 3.20. The topological polar surface area (TPSA) is 71.5 Å². The Labute approximate surface area is 171 Å². The zero-order valence-corrected chi connectivity index (χ0v) is 17.0. The van der Waals surface area contributed by atoms with E-state index >= 15 is 0 Å². The highest BCUT2D eigenvalue weighted by molar-refractivity contribution is 9.10. The minimum atomic E-state index is -0.810. The average molecular weight is 450 g/mol. The maximum atomic E-state index is 13.5. The molecule has 8 heteroatoms. The first-order valence-electron chi connectivity index (χ1n) is 9.07. The number of carbonyl (C=O) groups excluding carboxylic acids is 2. The number of rotatable bonds is 4. The number of benzene rings is 1. The highest BCUT2D eigenvalue weighted by atomic mass is 79.9. The van der Waals surface area contributed by atoms with E-state index < -0.39 is 12.0 Å². The van der Waals surface area contributed by atoms with Gasteiger partial charge >= 0.3 is 6.09 Å². The molecule has 1 aliphatic rings. The zero-order chi connectivity index (χ0) is 20.1. The molecule has 28 heavy (non-hydrogen) atoms. The molecule has 1 aromatic heterocycles. The van der Waals surface area contributed by atoms with Crippen molar-refractivity contribution in [3.8, 4) is 5.75 Å². The lowest BCUT2D eigenvalue weighted by atomic mass is 9.90. The minimum Gasteiger partial charge on any atom is -0.405 e. The smallest absolute Gasteiger partial charge is 0.405 e. The van der Waals surface area contributed by atoms with Crippen molar-refractivity contribution in [1.29, 1.82) is 0 Å². The number of amides is 2. The molecule has 2 heterocycles. The predicted octanol–water partition coefficient (Wildman–Crippen LogP) is 4.01. The second kappa shape index (κ2) is 9.14. The van der Waals surface area contributed by atoms with Gasteiger partial charge in [-0.15, -0.1) is 0 Å². The van der Waals surface area contributed by atoms with Gasteiger partial charge in [0.05, 0.1) is 0 Å². The largest absolute Gasteiger partial charge is 0.415 e. The molecule has 3 rings (SSSR count). The van der Waals surface area contributed by atoms with Crippen LogP contribution >= 0.6 is 15.9 Å². The molecular weight excluding hydrogens is 429 g/mol. The summed E-state index contributed by atoms with van der Waals surface area (Å²) < 4.78 is 19.5. The number of ether oxygens (including phenoxy) is 1. The van der Waals surface area contributed by atoms with Crippen molar-refractivity contribution in [2.24, 2.45) is 5.92 Å². The summed E-state index contributed by atoms with van der Waals surface area (Å²) in [5.74, 6) is -0.854. The van der Waals surface area contributed by atoms with Crippen LogP contribution in [0.5, 0.6) is 5.75 Å². The summed E-state index contributed by atoms with van der Waals surface area (Å²) in [5, 5.41) is 3.03. The van der Waals surface area contributed by atoms with Crippen LogP contribution in [0.1, 0.15) is 30.1 Å². The third-order valence-corrected chi connectivity index (χ3v) is 5.42. The van der Waals surface area contributed by atoms with Gasteiger partial charge < -0.3 is 15.0 Å². The summed E-state index contributed by atoms with van der Waals surface area (Å²) in [6.07, 6.45) is 2.16. The Hall–Kier alpha value is -2.48. The molecule has 148 valence electrons. The van der Waals surface area contributed by atoms with Crippen LogP contribution in [-0.4, -0.2) is 41.0 Å². The van der Waals surface area contributed by atoms with E-state index in [9.17, 15) is 14.0 Å². The second-order valence-electron chi connectivity index (χ2n) is 6.75. The van der Waals surface area contributed by atoms with Crippen LogP contribution in [0.25, 0.3) is 0 Å². The molecule has 1 unspecified atom stereocenters. The number of carbonyl (C=O) groups is 2. The van der Waals surface area contributed by atoms with Gasteiger partial charge in [-0.1, -0.05) is 15.9 Å². The van der Waals surface area contributed by atoms with E-state index in [1.165, 1.54) is 18.3 Å². The molecule has 0 spiro atoms. The molecule has 0 bridgehead atoms. The zero-order valence-electron chi connectivity index (χ0n) is 15.4. The summed E-state index contributed by atoms with van der Waals surface area (Å²) in [7, 11) is 0. The Morgan fingerprint density at radius 2 is 1.93 bits per heavy atom. The third kappa shape index (κ3) is 5.07. The van der Waals surface area contributed by atoms with Crippen LogP contribution in [0.15, 0.2) is 47.1 Å². The molecule has 2 aromatic rings. The van der Waals surface area contributed by atoms with Gasteiger partial charge in [0.15, 0.2) is 5.75 Å². The highest BCUT2D eigenvalue weighted by Crippen LogP contribution is 2.23. The van der Waals surface area contributed by atoms with E-state index in [0.29, 0.717) is 18.7 Å². The van der Waals surface area contributed by atoms with E-state index in [4.69, 9.17) is 4.74 Å². The van der Waals surface area contributed by atoms with Gasteiger partial charge in [0, 0.05) is 35.4 Å². The van der Waals surface area contributed by atoms with Gasteiger partial charge in [-0.25, -0.2) is 9.78 Å². The molecule has 1 aromatic carbocycles. The second-order valence-corrected chi connectivity index (χ2v) is 7.67. The Kier molecular flexibility index (Phi) is 6.61. The Morgan fingerprint density at radius 1 is 1.25 bits per heavy atom. The van der Waals surface area contributed by atoms with E-state index in [1.54, 1.807) is 17.0 Å². The van der Waals surface area contributed by atoms with Gasteiger partial charge in [0.2, 0.25) is 0 Å². The van der Waals surface area contributed by atoms with Gasteiger partial charge in [-0.05, 0) is 62.1 Å². The van der Waals surface area contributed by atoms with Crippen LogP contribution < -0.4 is 10.1 Å². The molecule has 6 nitrogen and oxygen atoms in total. The van der Waals surface area contributed by atoms with Crippen LogP contribution in [0.2, 0.25) is 0 Å². The SMILES string of the molecule is CC(NC(=O)c1ccc(Br)cc1)C1CCN(C(=O)Oc2cccnc2F)CC1. The van der Waals surface area contributed by atoms with E-state index in [0.717, 1.165) is 17.3 Å². The lowest BCUT2D eigenvalue weighted by Gasteiger charge is -2.34. The number of nitrogens with one attached hydrogen (secondary N) is 1. The summed E-state index contributed by atoms with van der Waals surface area (Å²) in [4.78, 5) is 29.6. The molecule has 0 aliphatic carbocycles. The Bertz CT molecular complexity index is 839. The van der Waals surface area contributed by atoms with Gasteiger partial charge in [-0.3, -0.25) is 4.79 Å². The van der Waals surface area contributed by atoms with Crippen molar-refractivity contribution in [3.63, 3.8) is 0 Å². The molecule has 1 aliphatic heterocycles. The van der Waals surface area contributed by atoms with Crippen molar-refractivity contribution in [2.75, 3.05) is 13.1 Å². The van der Waals surface area contributed by atoms with Crippen LogP contribution in [0.4, 0.5) is 9.18 Å². The first-order valence-corrected chi connectivity index (χ1v) is 9.87. The molecule has 1 fully saturated rings. The van der Waals surface area contributed by atoms with E-state index in [1.807, 2.05) is 19.1 Å². The number of aromatic nitrogens is 1. The monoisotopic (exact) mass is 449 g/mol. The number of hydrogen-bond donors (Lipinski definition) is 1. The first-order chi connectivity index (χ1) is 13.4. The van der Waals surface area contributed by atoms with Gasteiger partial charge in [0.25, 0.3) is 11.9 Å². The lowest BCUT2D eigenvalue weighted by molar-refractivity contribution is 0.0894. The maximum absolute atomic E-state index is 13.5. The minimum absolute atomic E-state index is 0.0231. The lowest BCUT2D eigenvalue weighted by Crippen LogP contribution is -2.46. The van der Waals surface area contributed by atoms with Gasteiger partial charge in [-0.2, -0.15) is 4.39 Å². The van der Waals surface area contributed by atoms with Crippen molar-refractivity contribution >= 4 is 27.9 Å². The summed E-state index contributed by atoms with van der Waals surface area (Å²) in [6.45, 7) is 2.95. The molecule has 1 atom stereocenters. The molecule has 0 saturated carbocycles. The van der Waals surface area contributed by atoms with Crippen LogP contribution in [0.3, 0.4) is 0 Å². The first kappa shape index (κ1) is 20.3. The van der Waals surface area contributed by atoms with Crippen molar-refractivity contribution in [1.82, 2.24) is 15.2 Å². The quantitative estimate of drug-likeness (QED) is 0.715. The Balaban J connectivity index is 1.49. The standard InChI is InChI=1S/C20H21BrFN3O3/c1-13(24-19(26)15-4-6-16(21)7-5-15)14-8-11-25(12-9-14)20(27)28-17-3-2-10-23-18(17)22/h2-7,10,13-14H,8-9,11-12H2,1H3,(H,24,26). The summed E-state index contributed by atoms with van der Waals surface area (Å²) in [6, 6.07) is 10.0. The number of halogens is 2. The van der Waals surface area contributed by atoms with E-state index in [-0.39, 0.29) is 23.6 Å². The molecule has 1 saturated heterocycles. The highest BCUT2D eigenvalue weighted by Gasteiger charge is 2.28. The number of pyridine rings is 1. The number of piperidine rings is 1. The summed E-state index contributed by atoms with van der Waals surface area (Å²) >= 11 is 3.35. The number of hydrogen-bond acceptors (Lipinski definition) is 4. The molecule has 2 amide bonds. The fourth-order valence-corrected chi connectivity index (χ4v) is 3.46. The Morgan fingerprint density at radius 3 is 2.57 bits per heavy atom. The number of likely N-dealkylation sites (tertiary alicyclic amines) is 1. The van der Waals surface area contributed by atoms with Crippen molar-refractivity contribution in [2.45, 2.75) is 25.8 Å². The predicted molar refractivity (Wildman–Crippen MR) is 106 cm³/mol. The molecule has 0 radical (unpaired) electrons. The molecule has 1 N–H and O–H groups in total. The van der Waals surface area contributed by atoms with Crippen molar-refractivity contribution < 1.29 is 18.7 Å². The van der Waals surface area contributed by atoms with Crippen LogP contribution in [-0.2, 0) is 0 Å². The third-order valence-electron chi connectivity index (χ3n) is 4.89. The summed E-state index contributed by atoms with van der Waals surface area (Å²) in [5.41, 5.74) is 0.606. The molecular formula is C20H21BrFN3O3.